The molecule has 1 unspecified atom stereocenters. The number of alkyl halides is 1. The highest BCUT2D eigenvalue weighted by Crippen LogP contribution is 2.21. The van der Waals surface area contributed by atoms with E-state index < -0.39 is 0 Å². The minimum absolute atomic E-state index is 0.148. The predicted molar refractivity (Wildman–Crippen MR) is 62.6 cm³/mol. The van der Waals surface area contributed by atoms with E-state index in [0.29, 0.717) is 12.5 Å². The van der Waals surface area contributed by atoms with Crippen molar-refractivity contribution in [2.75, 3.05) is 13.7 Å². The number of methoxy groups -OCH3 is 1. The lowest BCUT2D eigenvalue weighted by molar-refractivity contribution is 0.134. The monoisotopic (exact) mass is 228 g/mol. The van der Waals surface area contributed by atoms with Crippen molar-refractivity contribution in [3.63, 3.8) is 0 Å². The zero-order chi connectivity index (χ0) is 11.1. The van der Waals surface area contributed by atoms with E-state index in [4.69, 9.17) is 21.1 Å². The van der Waals surface area contributed by atoms with Crippen LogP contribution in [0.4, 0.5) is 0 Å². The van der Waals surface area contributed by atoms with E-state index in [9.17, 15) is 0 Å². The molecule has 0 saturated heterocycles. The molecule has 0 saturated carbocycles. The van der Waals surface area contributed by atoms with Gasteiger partial charge in [0.2, 0.25) is 0 Å². The molecule has 0 aromatic heterocycles. The number of rotatable bonds is 6. The average Bonchev–Trinajstić information content (AvgIpc) is 2.27. The first-order chi connectivity index (χ1) is 7.27. The van der Waals surface area contributed by atoms with Crippen molar-refractivity contribution in [1.29, 1.82) is 0 Å². The fourth-order valence-electron chi connectivity index (χ4n) is 1.29. The zero-order valence-corrected chi connectivity index (χ0v) is 9.96. The van der Waals surface area contributed by atoms with Gasteiger partial charge in [-0.2, -0.15) is 0 Å². The van der Waals surface area contributed by atoms with Crippen LogP contribution in [0, 0.1) is 0 Å². The van der Waals surface area contributed by atoms with Crippen LogP contribution < -0.4 is 4.74 Å². The van der Waals surface area contributed by atoms with Crippen LogP contribution >= 0.6 is 11.6 Å². The van der Waals surface area contributed by atoms with Gasteiger partial charge in [-0.15, -0.1) is 11.6 Å². The van der Waals surface area contributed by atoms with Crippen LogP contribution in [0.1, 0.15) is 18.9 Å². The second-order valence-corrected chi connectivity index (χ2v) is 3.72. The Balaban J connectivity index is 2.55. The van der Waals surface area contributed by atoms with E-state index >= 15 is 0 Å². The van der Waals surface area contributed by atoms with Gasteiger partial charge < -0.3 is 9.47 Å². The molecule has 0 bridgehead atoms. The van der Waals surface area contributed by atoms with Gasteiger partial charge in [0.25, 0.3) is 0 Å². The zero-order valence-electron chi connectivity index (χ0n) is 9.20. The van der Waals surface area contributed by atoms with Gasteiger partial charge in [-0.05, 0) is 13.0 Å². The normalized spacial score (nSPS) is 12.5. The summed E-state index contributed by atoms with van der Waals surface area (Å²) >= 11 is 5.82. The molecule has 2 nitrogen and oxygen atoms in total. The molecule has 1 rings (SSSR count). The van der Waals surface area contributed by atoms with Crippen molar-refractivity contribution in [2.24, 2.45) is 0 Å². The van der Waals surface area contributed by atoms with Crippen molar-refractivity contribution >= 4 is 11.6 Å². The minimum atomic E-state index is 0.148. The van der Waals surface area contributed by atoms with Gasteiger partial charge >= 0.3 is 0 Å². The SMILES string of the molecule is COCCC(C)Oc1ccccc1CCl. The first-order valence-electron chi connectivity index (χ1n) is 5.07. The molecule has 0 heterocycles. The van der Waals surface area contributed by atoms with E-state index in [1.165, 1.54) is 0 Å². The quantitative estimate of drug-likeness (QED) is 0.696. The third-order valence-electron chi connectivity index (χ3n) is 2.17. The van der Waals surface area contributed by atoms with E-state index in [1.54, 1.807) is 7.11 Å². The van der Waals surface area contributed by atoms with Gasteiger partial charge in [-0.3, -0.25) is 0 Å². The molecule has 84 valence electrons. The van der Waals surface area contributed by atoms with Crippen molar-refractivity contribution in [3.8, 4) is 5.75 Å². The number of halogens is 1. The van der Waals surface area contributed by atoms with E-state index in [-0.39, 0.29) is 6.10 Å². The first-order valence-corrected chi connectivity index (χ1v) is 5.61. The summed E-state index contributed by atoms with van der Waals surface area (Å²) in [5.41, 5.74) is 1.03. The number of benzene rings is 1. The molecule has 1 atom stereocenters. The molecule has 0 fully saturated rings. The molecule has 15 heavy (non-hydrogen) atoms. The Kier molecular flexibility index (Phi) is 5.51. The summed E-state index contributed by atoms with van der Waals surface area (Å²) in [5.74, 6) is 1.35. The Morgan fingerprint density at radius 1 is 1.33 bits per heavy atom. The van der Waals surface area contributed by atoms with Crippen LogP contribution in [0.3, 0.4) is 0 Å². The summed E-state index contributed by atoms with van der Waals surface area (Å²) in [6.45, 7) is 2.74. The summed E-state index contributed by atoms with van der Waals surface area (Å²) in [6.07, 6.45) is 1.03. The molecule has 1 aromatic carbocycles. The molecular weight excluding hydrogens is 212 g/mol. The van der Waals surface area contributed by atoms with Gasteiger partial charge in [0.1, 0.15) is 5.75 Å². The molecule has 0 radical (unpaired) electrons. The van der Waals surface area contributed by atoms with Crippen LogP contribution in [0.2, 0.25) is 0 Å². The van der Waals surface area contributed by atoms with Gasteiger partial charge in [0.05, 0.1) is 12.0 Å². The maximum Gasteiger partial charge on any atom is 0.124 e. The van der Waals surface area contributed by atoms with Gasteiger partial charge in [-0.1, -0.05) is 18.2 Å². The van der Waals surface area contributed by atoms with Crippen LogP contribution in [0.25, 0.3) is 0 Å². The molecule has 0 spiro atoms. The average molecular weight is 229 g/mol. The van der Waals surface area contributed by atoms with E-state index in [2.05, 4.69) is 0 Å². The second kappa shape index (κ2) is 6.70. The minimum Gasteiger partial charge on any atom is -0.490 e. The number of para-hydroxylation sites is 1. The van der Waals surface area contributed by atoms with Crippen molar-refractivity contribution < 1.29 is 9.47 Å². The molecule has 0 aliphatic carbocycles. The Morgan fingerprint density at radius 2 is 2.07 bits per heavy atom. The van der Waals surface area contributed by atoms with Crippen LogP contribution in [0.15, 0.2) is 24.3 Å². The van der Waals surface area contributed by atoms with Crippen molar-refractivity contribution in [1.82, 2.24) is 0 Å². The molecular formula is C12H17ClO2. The maximum atomic E-state index is 5.82. The standard InChI is InChI=1S/C12H17ClO2/c1-10(7-8-14-2)15-12-6-4-3-5-11(12)9-13/h3-6,10H,7-9H2,1-2H3. The predicted octanol–water partition coefficient (Wildman–Crippen LogP) is 3.23. The van der Waals surface area contributed by atoms with Crippen LogP contribution in [0.5, 0.6) is 5.75 Å². The summed E-state index contributed by atoms with van der Waals surface area (Å²) < 4.78 is 10.8. The highest BCUT2D eigenvalue weighted by Gasteiger charge is 2.06. The maximum absolute atomic E-state index is 5.82. The van der Waals surface area contributed by atoms with Crippen molar-refractivity contribution in [3.05, 3.63) is 29.8 Å². The smallest absolute Gasteiger partial charge is 0.124 e. The Bertz CT molecular complexity index is 289. The van der Waals surface area contributed by atoms with Crippen LogP contribution in [-0.4, -0.2) is 19.8 Å². The first kappa shape index (κ1) is 12.3. The van der Waals surface area contributed by atoms with E-state index in [0.717, 1.165) is 17.7 Å². The van der Waals surface area contributed by atoms with E-state index in [1.807, 2.05) is 31.2 Å². The highest BCUT2D eigenvalue weighted by molar-refractivity contribution is 6.17. The summed E-state index contributed by atoms with van der Waals surface area (Å²) in [6, 6.07) is 7.84. The largest absolute Gasteiger partial charge is 0.490 e. The van der Waals surface area contributed by atoms with Crippen molar-refractivity contribution in [2.45, 2.75) is 25.3 Å². The third kappa shape index (κ3) is 4.10. The number of ether oxygens (including phenoxy) is 2. The number of hydrogen-bond acceptors (Lipinski definition) is 2. The molecule has 0 N–H and O–H groups in total. The Morgan fingerprint density at radius 3 is 2.73 bits per heavy atom. The highest BCUT2D eigenvalue weighted by atomic mass is 35.5. The molecule has 1 aromatic rings. The topological polar surface area (TPSA) is 18.5 Å². The molecule has 0 amide bonds. The molecule has 0 aliphatic heterocycles. The lowest BCUT2D eigenvalue weighted by Gasteiger charge is -2.16. The lowest BCUT2D eigenvalue weighted by atomic mass is 10.2. The Hall–Kier alpha value is -0.730. The fourth-order valence-corrected chi connectivity index (χ4v) is 1.51. The summed E-state index contributed by atoms with van der Waals surface area (Å²) in [7, 11) is 1.69. The fraction of sp³-hybridized carbons (Fsp3) is 0.500. The van der Waals surface area contributed by atoms with Gasteiger partial charge in [0.15, 0.2) is 0 Å². The third-order valence-corrected chi connectivity index (χ3v) is 2.46. The molecule has 3 heteroatoms. The van der Waals surface area contributed by atoms with Crippen LogP contribution in [-0.2, 0) is 10.6 Å². The summed E-state index contributed by atoms with van der Waals surface area (Å²) in [5, 5.41) is 0. The second-order valence-electron chi connectivity index (χ2n) is 3.45. The van der Waals surface area contributed by atoms with Gasteiger partial charge in [0, 0.05) is 25.7 Å². The lowest BCUT2D eigenvalue weighted by Crippen LogP contribution is -2.14. The number of hydrogen-bond donors (Lipinski definition) is 0. The Labute approximate surface area is 96.2 Å². The molecule has 0 aliphatic rings. The van der Waals surface area contributed by atoms with Gasteiger partial charge in [-0.25, -0.2) is 0 Å². The summed E-state index contributed by atoms with van der Waals surface area (Å²) in [4.78, 5) is 0.